The maximum absolute atomic E-state index is 13.3. The Balaban J connectivity index is 1.39. The molecule has 2 fully saturated rings. The summed E-state index contributed by atoms with van der Waals surface area (Å²) in [5.41, 5.74) is 4.14. The van der Waals surface area contributed by atoms with Gasteiger partial charge in [0.2, 0.25) is 0 Å². The predicted molar refractivity (Wildman–Crippen MR) is 124 cm³/mol. The number of benzene rings is 2. The van der Waals surface area contributed by atoms with E-state index in [2.05, 4.69) is 70.7 Å². The molecule has 0 saturated carbocycles. The van der Waals surface area contributed by atoms with E-state index in [1.165, 1.54) is 17.5 Å². The smallest absolute Gasteiger partial charge is 0.259 e. The molecule has 3 heterocycles. The first kappa shape index (κ1) is 21.0. The number of amides is 1. The van der Waals surface area contributed by atoms with E-state index in [0.29, 0.717) is 17.0 Å². The van der Waals surface area contributed by atoms with Crippen LogP contribution in [0, 0.1) is 19.3 Å². The van der Waals surface area contributed by atoms with Crippen molar-refractivity contribution in [1.29, 1.82) is 0 Å². The van der Waals surface area contributed by atoms with Crippen LogP contribution in [-0.4, -0.2) is 47.0 Å². The predicted octanol–water partition coefficient (Wildman–Crippen LogP) is 5.01. The Bertz CT molecular complexity index is 1020. The summed E-state index contributed by atoms with van der Waals surface area (Å²) >= 11 is 0. The zero-order chi connectivity index (χ0) is 22.1. The first-order valence-electron chi connectivity index (χ1n) is 11.6. The highest BCUT2D eigenvalue weighted by Gasteiger charge is 2.45. The van der Waals surface area contributed by atoms with Crippen LogP contribution in [0.5, 0.6) is 0 Å². The molecule has 5 rings (SSSR count). The van der Waals surface area contributed by atoms with Gasteiger partial charge in [0.25, 0.3) is 5.91 Å². The topological polar surface area (TPSA) is 49.6 Å². The lowest BCUT2D eigenvalue weighted by Crippen LogP contribution is -2.47. The van der Waals surface area contributed by atoms with Crippen molar-refractivity contribution in [3.63, 3.8) is 0 Å². The van der Waals surface area contributed by atoms with Gasteiger partial charge in [-0.1, -0.05) is 65.8 Å². The normalized spacial score (nSPS) is 21.5. The van der Waals surface area contributed by atoms with Gasteiger partial charge in [0.1, 0.15) is 11.3 Å². The third kappa shape index (κ3) is 3.86. The lowest BCUT2D eigenvalue weighted by atomic mass is 9.79. The molecule has 2 aromatic carbocycles. The molecule has 2 aliphatic rings. The van der Waals surface area contributed by atoms with Crippen molar-refractivity contribution in [1.82, 2.24) is 15.0 Å². The van der Waals surface area contributed by atoms with Crippen LogP contribution in [0.4, 0.5) is 0 Å². The second kappa shape index (κ2) is 8.55. The quantitative estimate of drug-likeness (QED) is 0.585. The van der Waals surface area contributed by atoms with Gasteiger partial charge in [-0.05, 0) is 50.8 Å². The molecule has 0 aliphatic carbocycles. The molecule has 166 valence electrons. The maximum Gasteiger partial charge on any atom is 0.259 e. The molecule has 0 radical (unpaired) electrons. The van der Waals surface area contributed by atoms with Crippen LogP contribution in [0.2, 0.25) is 0 Å². The number of nitrogens with zero attached hydrogens (tertiary/aromatic N) is 3. The van der Waals surface area contributed by atoms with Crippen molar-refractivity contribution in [3.05, 3.63) is 88.8 Å². The molecule has 1 spiro atoms. The van der Waals surface area contributed by atoms with Crippen molar-refractivity contribution < 1.29 is 9.32 Å². The molecular weight excluding hydrogens is 398 g/mol. The summed E-state index contributed by atoms with van der Waals surface area (Å²) in [6.07, 6.45) is 3.34. The summed E-state index contributed by atoms with van der Waals surface area (Å²) in [5.74, 6) is 0.690. The molecule has 1 amide bonds. The number of carbonyl (C=O) groups excluding carboxylic acids is 1. The third-order valence-corrected chi connectivity index (χ3v) is 7.26. The molecule has 3 aromatic rings. The number of aromatic nitrogens is 1. The van der Waals surface area contributed by atoms with Crippen LogP contribution in [0.15, 0.2) is 65.2 Å². The molecule has 0 N–H and O–H groups in total. The number of hydrogen-bond acceptors (Lipinski definition) is 4. The van der Waals surface area contributed by atoms with Crippen molar-refractivity contribution in [2.24, 2.45) is 5.41 Å². The SMILES string of the molecule is Cc1noc(C)c1C(=O)N1CCC[C@@]2(CCN(C(c3ccccc3)c3ccccc3)C2)C1. The van der Waals surface area contributed by atoms with Gasteiger partial charge in [-0.25, -0.2) is 0 Å². The molecule has 32 heavy (non-hydrogen) atoms. The zero-order valence-corrected chi connectivity index (χ0v) is 19.0. The second-order valence-corrected chi connectivity index (χ2v) is 9.47. The van der Waals surface area contributed by atoms with Gasteiger partial charge in [0.05, 0.1) is 11.7 Å². The highest BCUT2D eigenvalue weighted by atomic mass is 16.5. The minimum Gasteiger partial charge on any atom is -0.361 e. The summed E-state index contributed by atoms with van der Waals surface area (Å²) in [5, 5.41) is 3.99. The summed E-state index contributed by atoms with van der Waals surface area (Å²) in [6, 6.07) is 21.8. The van der Waals surface area contributed by atoms with Crippen molar-refractivity contribution >= 4 is 5.91 Å². The second-order valence-electron chi connectivity index (χ2n) is 9.47. The van der Waals surface area contributed by atoms with E-state index in [4.69, 9.17) is 4.52 Å². The molecule has 0 bridgehead atoms. The highest BCUT2D eigenvalue weighted by molar-refractivity contribution is 5.96. The van der Waals surface area contributed by atoms with E-state index < -0.39 is 0 Å². The Morgan fingerprint density at radius 1 is 0.938 bits per heavy atom. The lowest BCUT2D eigenvalue weighted by Gasteiger charge is -2.41. The molecule has 2 saturated heterocycles. The van der Waals surface area contributed by atoms with Crippen LogP contribution in [0.25, 0.3) is 0 Å². The van der Waals surface area contributed by atoms with Crippen LogP contribution in [0.1, 0.15) is 58.2 Å². The maximum atomic E-state index is 13.3. The first-order valence-corrected chi connectivity index (χ1v) is 11.6. The number of likely N-dealkylation sites (tertiary alicyclic amines) is 2. The van der Waals surface area contributed by atoms with Crippen molar-refractivity contribution in [3.8, 4) is 0 Å². The fraction of sp³-hybridized carbons (Fsp3) is 0.407. The van der Waals surface area contributed by atoms with Gasteiger partial charge < -0.3 is 9.42 Å². The molecule has 2 aliphatic heterocycles. The summed E-state index contributed by atoms with van der Waals surface area (Å²) < 4.78 is 5.26. The van der Waals surface area contributed by atoms with Crippen molar-refractivity contribution in [2.75, 3.05) is 26.2 Å². The Kier molecular flexibility index (Phi) is 5.60. The summed E-state index contributed by atoms with van der Waals surface area (Å²) in [7, 11) is 0. The molecular formula is C27H31N3O2. The minimum atomic E-state index is 0.0708. The monoisotopic (exact) mass is 429 g/mol. The number of hydrogen-bond donors (Lipinski definition) is 0. The van der Waals surface area contributed by atoms with Gasteiger partial charge in [-0.3, -0.25) is 9.69 Å². The first-order chi connectivity index (χ1) is 15.6. The molecule has 0 unspecified atom stereocenters. The number of piperidine rings is 1. The van der Waals surface area contributed by atoms with Gasteiger partial charge in [-0.2, -0.15) is 0 Å². The number of rotatable bonds is 4. The van der Waals surface area contributed by atoms with Crippen LogP contribution >= 0.6 is 0 Å². The van der Waals surface area contributed by atoms with Crippen LogP contribution in [-0.2, 0) is 0 Å². The Morgan fingerprint density at radius 3 is 2.19 bits per heavy atom. The number of aryl methyl sites for hydroxylation is 2. The van der Waals surface area contributed by atoms with Crippen LogP contribution < -0.4 is 0 Å². The zero-order valence-electron chi connectivity index (χ0n) is 19.0. The van der Waals surface area contributed by atoms with Gasteiger partial charge in [-0.15, -0.1) is 0 Å². The highest BCUT2D eigenvalue weighted by Crippen LogP contribution is 2.43. The van der Waals surface area contributed by atoms with Crippen molar-refractivity contribution in [2.45, 2.75) is 39.2 Å². The number of carbonyl (C=O) groups is 1. The average Bonchev–Trinajstić information content (AvgIpc) is 3.37. The largest absolute Gasteiger partial charge is 0.361 e. The molecule has 5 heteroatoms. The fourth-order valence-electron chi connectivity index (χ4n) is 5.74. The van der Waals surface area contributed by atoms with E-state index in [9.17, 15) is 4.79 Å². The van der Waals surface area contributed by atoms with E-state index in [-0.39, 0.29) is 17.4 Å². The van der Waals surface area contributed by atoms with E-state index in [0.717, 1.165) is 39.0 Å². The van der Waals surface area contributed by atoms with E-state index in [1.54, 1.807) is 0 Å². The standard InChI is InChI=1S/C27H31N3O2/c1-20-24(21(2)32-28-20)26(31)30-16-9-14-27(19-30)15-17-29(18-27)25(22-10-5-3-6-11-22)23-12-7-4-8-13-23/h3-8,10-13,25H,9,14-19H2,1-2H3/t27-/m0/s1. The van der Waals surface area contributed by atoms with E-state index >= 15 is 0 Å². The third-order valence-electron chi connectivity index (χ3n) is 7.26. The summed E-state index contributed by atoms with van der Waals surface area (Å²) in [4.78, 5) is 18.0. The lowest BCUT2D eigenvalue weighted by molar-refractivity contribution is 0.0518. The van der Waals surface area contributed by atoms with Gasteiger partial charge in [0, 0.05) is 25.0 Å². The fourth-order valence-corrected chi connectivity index (χ4v) is 5.74. The molecule has 5 nitrogen and oxygen atoms in total. The molecule has 1 atom stereocenters. The molecule has 1 aromatic heterocycles. The Labute approximate surface area is 190 Å². The summed E-state index contributed by atoms with van der Waals surface area (Å²) in [6.45, 7) is 7.35. The van der Waals surface area contributed by atoms with Gasteiger partial charge in [0.15, 0.2) is 0 Å². The van der Waals surface area contributed by atoms with Crippen LogP contribution in [0.3, 0.4) is 0 Å². The van der Waals surface area contributed by atoms with Gasteiger partial charge >= 0.3 is 0 Å². The van der Waals surface area contributed by atoms with E-state index in [1.807, 2.05) is 18.7 Å². The average molecular weight is 430 g/mol. The Hall–Kier alpha value is -2.92. The Morgan fingerprint density at radius 2 is 1.59 bits per heavy atom. The minimum absolute atomic E-state index is 0.0708.